The van der Waals surface area contributed by atoms with Gasteiger partial charge in [0.05, 0.1) is 6.07 Å². The molecule has 0 fully saturated rings. The van der Waals surface area contributed by atoms with E-state index in [0.717, 1.165) is 23.3 Å². The van der Waals surface area contributed by atoms with Crippen LogP contribution in [0.15, 0.2) is 0 Å². The molecule has 0 saturated carbocycles. The summed E-state index contributed by atoms with van der Waals surface area (Å²) in [5.74, 6) is 0. The SMILES string of the molecule is N#CCCCC[SiH2]O[SiH3]. The molecule has 0 aliphatic carbocycles. The predicted octanol–water partition coefficient (Wildman–Crippen LogP) is -0.521. The number of nitriles is 1. The summed E-state index contributed by atoms with van der Waals surface area (Å²) in [5.41, 5.74) is 0. The Morgan fingerprint density at radius 1 is 1.56 bits per heavy atom. The van der Waals surface area contributed by atoms with Crippen molar-refractivity contribution in [1.29, 1.82) is 5.26 Å². The summed E-state index contributed by atoms with van der Waals surface area (Å²) in [5, 5.41) is 8.16. The molecular formula is C5H13NOSi2. The molecule has 0 rings (SSSR count). The van der Waals surface area contributed by atoms with Gasteiger partial charge in [-0.1, -0.05) is 6.42 Å². The third-order valence-corrected chi connectivity index (χ3v) is 3.56. The fraction of sp³-hybridized carbons (Fsp3) is 0.800. The lowest BCUT2D eigenvalue weighted by Crippen LogP contribution is -1.92. The molecule has 0 bridgehead atoms. The van der Waals surface area contributed by atoms with Crippen molar-refractivity contribution in [1.82, 2.24) is 0 Å². The van der Waals surface area contributed by atoms with Crippen LogP contribution >= 0.6 is 0 Å². The standard InChI is InChI=1S/C5H13NOSi2/c6-4-2-1-3-5-9-7-8/h1-3,5,9H2,8H3. The topological polar surface area (TPSA) is 33.0 Å². The van der Waals surface area contributed by atoms with Gasteiger partial charge in [-0.3, -0.25) is 0 Å². The maximum absolute atomic E-state index is 8.16. The molecule has 0 saturated heterocycles. The molecule has 0 heterocycles. The van der Waals surface area contributed by atoms with E-state index in [1.807, 2.05) is 0 Å². The molecule has 52 valence electrons. The highest BCUT2D eigenvalue weighted by atomic mass is 28.3. The van der Waals surface area contributed by atoms with Crippen LogP contribution in [-0.4, -0.2) is 20.2 Å². The number of rotatable bonds is 5. The molecule has 0 aliphatic rings. The van der Waals surface area contributed by atoms with E-state index >= 15 is 0 Å². The largest absolute Gasteiger partial charge is 0.468 e. The molecule has 0 N–H and O–H groups in total. The fourth-order valence-corrected chi connectivity index (χ4v) is 2.34. The Bertz CT molecular complexity index is 91.4. The lowest BCUT2D eigenvalue weighted by atomic mass is 10.3. The van der Waals surface area contributed by atoms with Crippen molar-refractivity contribution in [2.24, 2.45) is 0 Å². The van der Waals surface area contributed by atoms with E-state index in [-0.39, 0.29) is 9.76 Å². The molecule has 0 spiro atoms. The predicted molar refractivity (Wildman–Crippen MR) is 43.8 cm³/mol. The van der Waals surface area contributed by atoms with Crippen molar-refractivity contribution >= 4 is 20.2 Å². The van der Waals surface area contributed by atoms with E-state index < -0.39 is 0 Å². The first-order valence-electron chi connectivity index (χ1n) is 3.27. The van der Waals surface area contributed by atoms with Crippen LogP contribution in [0.3, 0.4) is 0 Å². The molecule has 4 heteroatoms. The minimum Gasteiger partial charge on any atom is -0.468 e. The number of hydrogen-bond acceptors (Lipinski definition) is 2. The van der Waals surface area contributed by atoms with Crippen molar-refractivity contribution in [3.63, 3.8) is 0 Å². The molecule has 0 aromatic carbocycles. The Balaban J connectivity index is 2.69. The Morgan fingerprint density at radius 3 is 2.89 bits per heavy atom. The van der Waals surface area contributed by atoms with Crippen LogP contribution in [-0.2, 0) is 4.12 Å². The maximum atomic E-state index is 8.16. The summed E-state index contributed by atoms with van der Waals surface area (Å²) in [4.78, 5) is 0. The molecule has 2 nitrogen and oxygen atoms in total. The summed E-state index contributed by atoms with van der Waals surface area (Å²) >= 11 is 0. The maximum Gasteiger partial charge on any atom is 0.145 e. The summed E-state index contributed by atoms with van der Waals surface area (Å²) in [6, 6.07) is 3.38. The average Bonchev–Trinajstić information content (AvgIpc) is 1.89. The molecule has 0 aromatic heterocycles. The minimum absolute atomic E-state index is 0.154. The smallest absolute Gasteiger partial charge is 0.145 e. The van der Waals surface area contributed by atoms with Gasteiger partial charge in [0.2, 0.25) is 0 Å². The number of nitrogens with zero attached hydrogens (tertiary/aromatic N) is 1. The highest BCUT2D eigenvalue weighted by molar-refractivity contribution is 6.34. The van der Waals surface area contributed by atoms with Crippen molar-refractivity contribution in [2.75, 3.05) is 0 Å². The Labute approximate surface area is 61.7 Å². The summed E-state index contributed by atoms with van der Waals surface area (Å²) in [6.45, 7) is 0. The molecule has 0 amide bonds. The van der Waals surface area contributed by atoms with Crippen LogP contribution in [0.2, 0.25) is 6.04 Å². The van der Waals surface area contributed by atoms with E-state index in [4.69, 9.17) is 9.38 Å². The number of hydrogen-bond donors (Lipinski definition) is 0. The van der Waals surface area contributed by atoms with Gasteiger partial charge in [0.25, 0.3) is 0 Å². The second-order valence-corrected chi connectivity index (χ2v) is 5.39. The average molecular weight is 159 g/mol. The number of unbranched alkanes of at least 4 members (excludes halogenated alkanes) is 2. The Hall–Kier alpha value is -0.116. The zero-order valence-corrected chi connectivity index (χ0v) is 9.31. The van der Waals surface area contributed by atoms with Gasteiger partial charge in [-0.15, -0.1) is 0 Å². The third-order valence-electron chi connectivity index (χ3n) is 1.14. The summed E-state index contributed by atoms with van der Waals surface area (Å²) < 4.78 is 5.12. The zero-order valence-electron chi connectivity index (χ0n) is 5.89. The van der Waals surface area contributed by atoms with Crippen molar-refractivity contribution < 1.29 is 4.12 Å². The first-order valence-corrected chi connectivity index (χ1v) is 5.67. The van der Waals surface area contributed by atoms with Gasteiger partial charge in [-0.05, 0) is 12.5 Å². The second-order valence-electron chi connectivity index (χ2n) is 1.96. The first kappa shape index (κ1) is 8.88. The summed E-state index contributed by atoms with van der Waals surface area (Å²) in [7, 11) is 0.751. The molecule has 0 unspecified atom stereocenters. The molecule has 0 atom stereocenters. The fourth-order valence-electron chi connectivity index (χ4n) is 0.627. The molecule has 0 aliphatic heterocycles. The molecule has 0 radical (unpaired) electrons. The van der Waals surface area contributed by atoms with E-state index in [0.29, 0.717) is 0 Å². The van der Waals surface area contributed by atoms with Gasteiger partial charge in [-0.2, -0.15) is 5.26 Å². The van der Waals surface area contributed by atoms with Crippen molar-refractivity contribution in [2.45, 2.75) is 25.3 Å². The monoisotopic (exact) mass is 159 g/mol. The lowest BCUT2D eigenvalue weighted by molar-refractivity contribution is 0.649. The van der Waals surface area contributed by atoms with Crippen molar-refractivity contribution in [3.8, 4) is 6.07 Å². The first-order chi connectivity index (χ1) is 4.41. The quantitative estimate of drug-likeness (QED) is 0.399. The van der Waals surface area contributed by atoms with Gasteiger partial charge < -0.3 is 4.12 Å². The van der Waals surface area contributed by atoms with E-state index in [2.05, 4.69) is 6.07 Å². The molecule has 9 heavy (non-hydrogen) atoms. The van der Waals surface area contributed by atoms with Crippen LogP contribution < -0.4 is 0 Å². The normalized spacial score (nSPS) is 10.6. The van der Waals surface area contributed by atoms with Gasteiger partial charge in [0, 0.05) is 6.42 Å². The minimum atomic E-state index is -0.154. The summed E-state index contributed by atoms with van der Waals surface area (Å²) in [6.07, 6.45) is 2.98. The van der Waals surface area contributed by atoms with Crippen LogP contribution in [0.5, 0.6) is 0 Å². The van der Waals surface area contributed by atoms with Crippen LogP contribution in [0.25, 0.3) is 0 Å². The molecule has 0 aromatic rings. The Morgan fingerprint density at radius 2 is 2.33 bits per heavy atom. The zero-order chi connectivity index (χ0) is 6.95. The van der Waals surface area contributed by atoms with Gasteiger partial charge in [-0.25, -0.2) is 0 Å². The van der Waals surface area contributed by atoms with E-state index in [1.54, 1.807) is 0 Å². The molecular weight excluding hydrogens is 146 g/mol. The van der Waals surface area contributed by atoms with Gasteiger partial charge in [0.1, 0.15) is 20.2 Å². The van der Waals surface area contributed by atoms with E-state index in [9.17, 15) is 0 Å². The van der Waals surface area contributed by atoms with Crippen molar-refractivity contribution in [3.05, 3.63) is 0 Å². The lowest BCUT2D eigenvalue weighted by Gasteiger charge is -1.94. The van der Waals surface area contributed by atoms with Crippen LogP contribution in [0.1, 0.15) is 19.3 Å². The highest BCUT2D eigenvalue weighted by Crippen LogP contribution is 1.97. The Kier molecular flexibility index (Phi) is 7.78. The van der Waals surface area contributed by atoms with Crippen LogP contribution in [0, 0.1) is 11.3 Å². The second kappa shape index (κ2) is 7.88. The van der Waals surface area contributed by atoms with Crippen LogP contribution in [0.4, 0.5) is 0 Å². The van der Waals surface area contributed by atoms with E-state index in [1.165, 1.54) is 12.5 Å². The third kappa shape index (κ3) is 7.88. The van der Waals surface area contributed by atoms with Gasteiger partial charge >= 0.3 is 0 Å². The van der Waals surface area contributed by atoms with Gasteiger partial charge in [0.15, 0.2) is 0 Å². The highest BCUT2D eigenvalue weighted by Gasteiger charge is 1.86.